The summed E-state index contributed by atoms with van der Waals surface area (Å²) in [5, 5.41) is 13.2. The minimum Gasteiger partial charge on any atom is -0.508 e. The van der Waals surface area contributed by atoms with Crippen LogP contribution in [0.4, 0.5) is 0 Å². The second-order valence-corrected chi connectivity index (χ2v) is 5.20. The van der Waals surface area contributed by atoms with Crippen LogP contribution in [-0.2, 0) is 9.53 Å². The van der Waals surface area contributed by atoms with E-state index in [0.717, 1.165) is 6.42 Å². The maximum Gasteiger partial charge on any atom is 0.323 e. The summed E-state index contributed by atoms with van der Waals surface area (Å²) in [4.78, 5) is 11.9. The lowest BCUT2D eigenvalue weighted by Gasteiger charge is -2.26. The molecule has 5 heteroatoms. The molecule has 1 rings (SSSR count). The molecule has 3 atom stereocenters. The zero-order valence-corrected chi connectivity index (χ0v) is 13.3. The lowest BCUT2D eigenvalue weighted by Crippen LogP contribution is -2.43. The highest BCUT2D eigenvalue weighted by Gasteiger charge is 2.27. The molecule has 0 spiro atoms. The molecule has 21 heavy (non-hydrogen) atoms. The highest BCUT2D eigenvalue weighted by molar-refractivity contribution is 5.76. The van der Waals surface area contributed by atoms with Gasteiger partial charge in [0.2, 0.25) is 0 Å². The van der Waals surface area contributed by atoms with Gasteiger partial charge in [-0.25, -0.2) is 0 Å². The number of ether oxygens (including phenoxy) is 2. The average molecular weight is 295 g/mol. The zero-order valence-electron chi connectivity index (χ0n) is 13.3. The number of phenolic OH excluding ortho intramolecular Hbond substituents is 1. The predicted octanol–water partition coefficient (Wildman–Crippen LogP) is 2.64. The summed E-state index contributed by atoms with van der Waals surface area (Å²) in [7, 11) is 2.96. The normalized spacial score (nSPS) is 15.1. The van der Waals surface area contributed by atoms with E-state index in [1.54, 1.807) is 25.3 Å². The largest absolute Gasteiger partial charge is 0.508 e. The van der Waals surface area contributed by atoms with Crippen molar-refractivity contribution in [2.45, 2.75) is 39.3 Å². The number of methoxy groups -OCH3 is 2. The van der Waals surface area contributed by atoms with E-state index in [4.69, 9.17) is 9.47 Å². The summed E-state index contributed by atoms with van der Waals surface area (Å²) >= 11 is 0. The average Bonchev–Trinajstić information content (AvgIpc) is 2.51. The monoisotopic (exact) mass is 295 g/mol. The van der Waals surface area contributed by atoms with Crippen LogP contribution in [0.3, 0.4) is 0 Å². The van der Waals surface area contributed by atoms with Gasteiger partial charge in [0.1, 0.15) is 17.5 Å². The Hall–Kier alpha value is -1.75. The summed E-state index contributed by atoms with van der Waals surface area (Å²) in [6.45, 7) is 5.91. The fraction of sp³-hybridized carbons (Fsp3) is 0.562. The Morgan fingerprint density at radius 1 is 1.33 bits per heavy atom. The first-order valence-corrected chi connectivity index (χ1v) is 7.15. The summed E-state index contributed by atoms with van der Waals surface area (Å²) in [5.41, 5.74) is 0.687. The van der Waals surface area contributed by atoms with Crippen LogP contribution in [0.15, 0.2) is 18.2 Å². The molecule has 0 aliphatic heterocycles. The van der Waals surface area contributed by atoms with Crippen molar-refractivity contribution in [3.63, 3.8) is 0 Å². The fourth-order valence-electron chi connectivity index (χ4n) is 2.19. The van der Waals surface area contributed by atoms with Gasteiger partial charge in [0.25, 0.3) is 0 Å². The van der Waals surface area contributed by atoms with Crippen molar-refractivity contribution in [3.8, 4) is 11.5 Å². The molecule has 0 aromatic heterocycles. The SMILES string of the molecule is CCC(C)C(NC(C)c1cc(OC)ccc1O)C(=O)OC. The summed E-state index contributed by atoms with van der Waals surface area (Å²) in [6.07, 6.45) is 0.851. The van der Waals surface area contributed by atoms with Crippen LogP contribution in [0.25, 0.3) is 0 Å². The lowest BCUT2D eigenvalue weighted by molar-refractivity contribution is -0.144. The van der Waals surface area contributed by atoms with Gasteiger partial charge in [0.15, 0.2) is 0 Å². The first-order valence-electron chi connectivity index (χ1n) is 7.15. The molecule has 3 unspecified atom stereocenters. The van der Waals surface area contributed by atoms with Crippen molar-refractivity contribution >= 4 is 5.97 Å². The molecule has 0 fully saturated rings. The number of hydrogen-bond acceptors (Lipinski definition) is 5. The lowest BCUT2D eigenvalue weighted by atomic mass is 9.97. The number of benzene rings is 1. The van der Waals surface area contributed by atoms with Gasteiger partial charge in [-0.05, 0) is 31.0 Å². The second kappa shape index (κ2) is 7.88. The Kier molecular flexibility index (Phi) is 6.49. The Morgan fingerprint density at radius 3 is 2.52 bits per heavy atom. The number of nitrogens with one attached hydrogen (secondary N) is 1. The quantitative estimate of drug-likeness (QED) is 0.757. The van der Waals surface area contributed by atoms with E-state index >= 15 is 0 Å². The van der Waals surface area contributed by atoms with Crippen LogP contribution in [0.2, 0.25) is 0 Å². The number of carbonyl (C=O) groups is 1. The van der Waals surface area contributed by atoms with Gasteiger partial charge in [-0.15, -0.1) is 0 Å². The van der Waals surface area contributed by atoms with Crippen molar-refractivity contribution in [1.29, 1.82) is 0 Å². The van der Waals surface area contributed by atoms with E-state index in [1.165, 1.54) is 7.11 Å². The van der Waals surface area contributed by atoms with Crippen molar-refractivity contribution in [1.82, 2.24) is 5.32 Å². The molecule has 2 N–H and O–H groups in total. The smallest absolute Gasteiger partial charge is 0.323 e. The van der Waals surface area contributed by atoms with E-state index < -0.39 is 6.04 Å². The molecule has 0 saturated carbocycles. The number of hydrogen-bond donors (Lipinski definition) is 2. The molecule has 118 valence electrons. The topological polar surface area (TPSA) is 67.8 Å². The first kappa shape index (κ1) is 17.3. The van der Waals surface area contributed by atoms with Gasteiger partial charge in [-0.1, -0.05) is 20.3 Å². The number of carbonyl (C=O) groups excluding carboxylic acids is 1. The van der Waals surface area contributed by atoms with Crippen LogP contribution in [-0.4, -0.2) is 31.3 Å². The second-order valence-electron chi connectivity index (χ2n) is 5.20. The minimum absolute atomic E-state index is 0.132. The third kappa shape index (κ3) is 4.36. The minimum atomic E-state index is -0.416. The molecule has 0 heterocycles. The van der Waals surface area contributed by atoms with Crippen LogP contribution < -0.4 is 10.1 Å². The van der Waals surface area contributed by atoms with E-state index in [0.29, 0.717) is 11.3 Å². The van der Waals surface area contributed by atoms with E-state index in [2.05, 4.69) is 5.32 Å². The molecule has 5 nitrogen and oxygen atoms in total. The Labute approximate surface area is 126 Å². The number of aromatic hydroxyl groups is 1. The molecule has 1 aromatic carbocycles. The standard InChI is InChI=1S/C16H25NO4/c1-6-10(2)15(16(19)21-5)17-11(3)13-9-12(20-4)7-8-14(13)18/h7-11,15,17-18H,6H2,1-5H3. The zero-order chi connectivity index (χ0) is 16.0. The molecule has 0 aliphatic rings. The number of esters is 1. The summed E-state index contributed by atoms with van der Waals surface area (Å²) < 4.78 is 10.0. The fourth-order valence-corrected chi connectivity index (χ4v) is 2.19. The Balaban J connectivity index is 2.96. The number of rotatable bonds is 7. The molecule has 1 aromatic rings. The maximum absolute atomic E-state index is 11.9. The van der Waals surface area contributed by atoms with Crippen molar-refractivity contribution < 1.29 is 19.4 Å². The molecular formula is C16H25NO4. The van der Waals surface area contributed by atoms with Gasteiger partial charge in [0.05, 0.1) is 14.2 Å². The van der Waals surface area contributed by atoms with Crippen molar-refractivity contribution in [2.24, 2.45) is 5.92 Å². The Morgan fingerprint density at radius 2 is 2.00 bits per heavy atom. The maximum atomic E-state index is 11.9. The highest BCUT2D eigenvalue weighted by Crippen LogP contribution is 2.29. The van der Waals surface area contributed by atoms with Gasteiger partial charge in [-0.3, -0.25) is 10.1 Å². The molecule has 0 aliphatic carbocycles. The molecule has 0 radical (unpaired) electrons. The van der Waals surface area contributed by atoms with Gasteiger partial charge in [0, 0.05) is 11.6 Å². The predicted molar refractivity (Wildman–Crippen MR) is 81.5 cm³/mol. The van der Waals surface area contributed by atoms with E-state index in [-0.39, 0.29) is 23.7 Å². The molecular weight excluding hydrogens is 270 g/mol. The van der Waals surface area contributed by atoms with Crippen molar-refractivity contribution in [2.75, 3.05) is 14.2 Å². The van der Waals surface area contributed by atoms with Crippen LogP contribution >= 0.6 is 0 Å². The van der Waals surface area contributed by atoms with Crippen LogP contribution in [0.1, 0.15) is 38.8 Å². The van der Waals surface area contributed by atoms with Crippen molar-refractivity contribution in [3.05, 3.63) is 23.8 Å². The third-order valence-corrected chi connectivity index (χ3v) is 3.80. The van der Waals surface area contributed by atoms with E-state index in [9.17, 15) is 9.90 Å². The van der Waals surface area contributed by atoms with Gasteiger partial charge < -0.3 is 14.6 Å². The van der Waals surface area contributed by atoms with Crippen LogP contribution in [0, 0.1) is 5.92 Å². The molecule has 0 amide bonds. The third-order valence-electron chi connectivity index (χ3n) is 3.80. The highest BCUT2D eigenvalue weighted by atomic mass is 16.5. The summed E-state index contributed by atoms with van der Waals surface area (Å²) in [6, 6.07) is 4.41. The molecule has 0 bridgehead atoms. The molecule has 0 saturated heterocycles. The van der Waals surface area contributed by atoms with Gasteiger partial charge >= 0.3 is 5.97 Å². The van der Waals surface area contributed by atoms with Gasteiger partial charge in [-0.2, -0.15) is 0 Å². The first-order chi connectivity index (χ1) is 9.94. The number of phenols is 1. The Bertz CT molecular complexity index is 475. The van der Waals surface area contributed by atoms with Crippen LogP contribution in [0.5, 0.6) is 11.5 Å². The summed E-state index contributed by atoms with van der Waals surface area (Å²) in [5.74, 6) is 0.671. The van der Waals surface area contributed by atoms with E-state index in [1.807, 2.05) is 20.8 Å².